The first-order valence-corrected chi connectivity index (χ1v) is 7.00. The number of carbonyl (C=O) groups excluding carboxylic acids is 1. The summed E-state index contributed by atoms with van der Waals surface area (Å²) in [6, 6.07) is 3.90. The maximum Gasteiger partial charge on any atom is 0.223 e. The maximum absolute atomic E-state index is 11.7. The first-order chi connectivity index (χ1) is 8.29. The van der Waals surface area contributed by atoms with Crippen molar-refractivity contribution in [1.29, 1.82) is 0 Å². The van der Waals surface area contributed by atoms with Crippen LogP contribution in [0.1, 0.15) is 12.2 Å². The Morgan fingerprint density at radius 3 is 2.71 bits per heavy atom. The van der Waals surface area contributed by atoms with E-state index in [9.17, 15) is 4.79 Å². The third-order valence-electron chi connectivity index (χ3n) is 2.99. The topological polar surface area (TPSA) is 36.7 Å². The molecular formula is C12H17BrN2O2. The summed E-state index contributed by atoms with van der Waals surface area (Å²) in [7, 11) is 0. The van der Waals surface area contributed by atoms with Crippen molar-refractivity contribution < 1.29 is 9.21 Å². The fourth-order valence-electron chi connectivity index (χ4n) is 2.02. The average Bonchev–Trinajstić information content (AvgIpc) is 2.83. The zero-order valence-corrected chi connectivity index (χ0v) is 11.4. The largest absolute Gasteiger partial charge is 0.468 e. The molecule has 1 fully saturated rings. The van der Waals surface area contributed by atoms with Crippen LogP contribution in [0.15, 0.2) is 22.8 Å². The molecule has 1 amide bonds. The van der Waals surface area contributed by atoms with Crippen molar-refractivity contribution >= 4 is 21.8 Å². The Morgan fingerprint density at radius 2 is 2.12 bits per heavy atom. The molecule has 1 aromatic rings. The quantitative estimate of drug-likeness (QED) is 0.795. The molecule has 0 atom stereocenters. The first-order valence-electron chi connectivity index (χ1n) is 5.88. The summed E-state index contributed by atoms with van der Waals surface area (Å²) in [4.78, 5) is 15.9. The Hall–Kier alpha value is -0.810. The minimum absolute atomic E-state index is 0.250. The molecule has 5 heteroatoms. The summed E-state index contributed by atoms with van der Waals surface area (Å²) in [6.45, 7) is 4.34. The fourth-order valence-corrected chi connectivity index (χ4v) is 2.36. The van der Waals surface area contributed by atoms with Crippen molar-refractivity contribution in [2.45, 2.75) is 13.0 Å². The van der Waals surface area contributed by atoms with Crippen molar-refractivity contribution in [2.75, 3.05) is 31.5 Å². The molecule has 1 aromatic heterocycles. The monoisotopic (exact) mass is 300 g/mol. The number of hydrogen-bond donors (Lipinski definition) is 0. The van der Waals surface area contributed by atoms with Crippen molar-refractivity contribution in [2.24, 2.45) is 0 Å². The minimum Gasteiger partial charge on any atom is -0.468 e. The van der Waals surface area contributed by atoms with Crippen LogP contribution in [-0.4, -0.2) is 47.2 Å². The molecule has 1 saturated heterocycles. The molecule has 4 nitrogen and oxygen atoms in total. The summed E-state index contributed by atoms with van der Waals surface area (Å²) in [5.74, 6) is 1.24. The fraction of sp³-hybridized carbons (Fsp3) is 0.583. The van der Waals surface area contributed by atoms with Crippen molar-refractivity contribution in [3.05, 3.63) is 24.2 Å². The minimum atomic E-state index is 0.250. The zero-order chi connectivity index (χ0) is 12.1. The highest BCUT2D eigenvalue weighted by Gasteiger charge is 2.20. The van der Waals surface area contributed by atoms with Gasteiger partial charge < -0.3 is 9.32 Å². The van der Waals surface area contributed by atoms with Crippen LogP contribution in [-0.2, 0) is 11.3 Å². The number of amides is 1. The average molecular weight is 301 g/mol. The van der Waals surface area contributed by atoms with E-state index in [1.165, 1.54) is 0 Å². The van der Waals surface area contributed by atoms with Crippen molar-refractivity contribution in [3.8, 4) is 0 Å². The van der Waals surface area contributed by atoms with E-state index < -0.39 is 0 Å². The van der Waals surface area contributed by atoms with Crippen LogP contribution in [0.25, 0.3) is 0 Å². The summed E-state index contributed by atoms with van der Waals surface area (Å²) in [5.41, 5.74) is 0. The number of hydrogen-bond acceptors (Lipinski definition) is 3. The summed E-state index contributed by atoms with van der Waals surface area (Å²) < 4.78 is 5.32. The molecule has 0 saturated carbocycles. The second-order valence-electron chi connectivity index (χ2n) is 4.18. The third kappa shape index (κ3) is 3.57. The van der Waals surface area contributed by atoms with Crippen LogP contribution in [0.4, 0.5) is 0 Å². The van der Waals surface area contributed by atoms with E-state index in [1.807, 2.05) is 17.0 Å². The molecule has 0 spiro atoms. The molecule has 0 bridgehead atoms. The van der Waals surface area contributed by atoms with Crippen molar-refractivity contribution in [3.63, 3.8) is 0 Å². The maximum atomic E-state index is 11.7. The zero-order valence-electron chi connectivity index (χ0n) is 9.77. The Kier molecular flexibility index (Phi) is 4.62. The van der Waals surface area contributed by atoms with Crippen LogP contribution in [0, 0.1) is 0 Å². The van der Waals surface area contributed by atoms with Gasteiger partial charge in [0, 0.05) is 37.9 Å². The lowest BCUT2D eigenvalue weighted by Crippen LogP contribution is -2.48. The number of alkyl halides is 1. The number of furan rings is 1. The summed E-state index contributed by atoms with van der Waals surface area (Å²) in [6.07, 6.45) is 2.29. The summed E-state index contributed by atoms with van der Waals surface area (Å²) in [5, 5.41) is 0.748. The van der Waals surface area contributed by atoms with Gasteiger partial charge >= 0.3 is 0 Å². The lowest BCUT2D eigenvalue weighted by atomic mass is 10.2. The number of rotatable bonds is 4. The highest BCUT2D eigenvalue weighted by atomic mass is 79.9. The molecule has 94 valence electrons. The number of piperazine rings is 1. The van der Waals surface area contributed by atoms with Gasteiger partial charge in [0.05, 0.1) is 12.8 Å². The van der Waals surface area contributed by atoms with E-state index in [2.05, 4.69) is 20.8 Å². The number of halogens is 1. The van der Waals surface area contributed by atoms with Gasteiger partial charge in [-0.1, -0.05) is 15.9 Å². The smallest absolute Gasteiger partial charge is 0.223 e. The number of nitrogens with zero attached hydrogens (tertiary/aromatic N) is 2. The molecule has 0 radical (unpaired) electrons. The van der Waals surface area contributed by atoms with Gasteiger partial charge in [-0.2, -0.15) is 0 Å². The van der Waals surface area contributed by atoms with Gasteiger partial charge in [0.2, 0.25) is 5.91 Å². The van der Waals surface area contributed by atoms with Crippen LogP contribution < -0.4 is 0 Å². The van der Waals surface area contributed by atoms with Gasteiger partial charge in [0.1, 0.15) is 5.76 Å². The Morgan fingerprint density at radius 1 is 1.35 bits per heavy atom. The Labute approximate surface area is 110 Å². The van der Waals surface area contributed by atoms with Crippen LogP contribution >= 0.6 is 15.9 Å². The highest BCUT2D eigenvalue weighted by molar-refractivity contribution is 9.09. The molecule has 0 unspecified atom stereocenters. The SMILES string of the molecule is O=C(CCBr)N1CCN(Cc2ccco2)CC1. The van der Waals surface area contributed by atoms with Gasteiger partial charge in [0.15, 0.2) is 0 Å². The van der Waals surface area contributed by atoms with Crippen LogP contribution in [0.5, 0.6) is 0 Å². The van der Waals surface area contributed by atoms with E-state index in [0.29, 0.717) is 6.42 Å². The van der Waals surface area contributed by atoms with E-state index in [1.54, 1.807) is 6.26 Å². The van der Waals surface area contributed by atoms with Gasteiger partial charge in [-0.25, -0.2) is 0 Å². The second kappa shape index (κ2) is 6.21. The predicted molar refractivity (Wildman–Crippen MR) is 69.0 cm³/mol. The second-order valence-corrected chi connectivity index (χ2v) is 4.97. The predicted octanol–water partition coefficient (Wildman–Crippen LogP) is 1.71. The van der Waals surface area contributed by atoms with Gasteiger partial charge in [-0.15, -0.1) is 0 Å². The molecular weight excluding hydrogens is 284 g/mol. The molecule has 0 N–H and O–H groups in total. The standard InChI is InChI=1S/C12H17BrN2O2/c13-4-3-12(16)15-7-5-14(6-8-15)10-11-2-1-9-17-11/h1-2,9H,3-8,10H2. The first kappa shape index (κ1) is 12.6. The Balaban J connectivity index is 1.76. The number of carbonyl (C=O) groups is 1. The van der Waals surface area contributed by atoms with Crippen LogP contribution in [0.2, 0.25) is 0 Å². The summed E-state index contributed by atoms with van der Waals surface area (Å²) >= 11 is 3.30. The highest BCUT2D eigenvalue weighted by Crippen LogP contribution is 2.09. The van der Waals surface area contributed by atoms with Gasteiger partial charge in [-0.05, 0) is 12.1 Å². The molecule has 17 heavy (non-hydrogen) atoms. The van der Waals surface area contributed by atoms with E-state index in [0.717, 1.165) is 43.8 Å². The lowest BCUT2D eigenvalue weighted by molar-refractivity contribution is -0.132. The third-order valence-corrected chi connectivity index (χ3v) is 3.39. The molecule has 1 aliphatic heterocycles. The van der Waals surface area contributed by atoms with E-state index in [4.69, 9.17) is 4.42 Å². The van der Waals surface area contributed by atoms with Gasteiger partial charge in [0.25, 0.3) is 0 Å². The van der Waals surface area contributed by atoms with Crippen molar-refractivity contribution in [1.82, 2.24) is 9.80 Å². The van der Waals surface area contributed by atoms with Crippen LogP contribution in [0.3, 0.4) is 0 Å². The van der Waals surface area contributed by atoms with E-state index >= 15 is 0 Å². The molecule has 0 aliphatic carbocycles. The molecule has 2 rings (SSSR count). The normalized spacial score (nSPS) is 17.4. The molecule has 2 heterocycles. The van der Waals surface area contributed by atoms with E-state index in [-0.39, 0.29) is 5.91 Å². The van der Waals surface area contributed by atoms with Gasteiger partial charge in [-0.3, -0.25) is 9.69 Å². The molecule has 0 aromatic carbocycles. The lowest BCUT2D eigenvalue weighted by Gasteiger charge is -2.34. The Bertz CT molecular complexity index is 345. The molecule has 1 aliphatic rings.